The third-order valence-corrected chi connectivity index (χ3v) is 5.90. The van der Waals surface area contributed by atoms with Crippen molar-refractivity contribution >= 4 is 21.6 Å². The number of rotatable bonds is 6. The Morgan fingerprint density at radius 1 is 1.29 bits per heavy atom. The minimum absolute atomic E-state index is 0.407. The number of anilines is 1. The maximum absolute atomic E-state index is 3.79. The molecule has 0 bridgehead atoms. The first-order valence-corrected chi connectivity index (χ1v) is 9.12. The predicted molar refractivity (Wildman–Crippen MR) is 96.1 cm³/mol. The van der Waals surface area contributed by atoms with Crippen LogP contribution in [0.4, 0.5) is 5.69 Å². The SMILES string of the molecule is CCNC(C)c1ccc(N2CCC(CC)(CC)C2)c(Br)c1. The van der Waals surface area contributed by atoms with Crippen molar-refractivity contribution in [2.24, 2.45) is 5.41 Å². The lowest BCUT2D eigenvalue weighted by Gasteiger charge is -2.28. The summed E-state index contributed by atoms with van der Waals surface area (Å²) < 4.78 is 1.23. The van der Waals surface area contributed by atoms with Crippen molar-refractivity contribution < 1.29 is 0 Å². The molecule has 1 saturated heterocycles. The average Bonchev–Trinajstić information content (AvgIpc) is 2.92. The van der Waals surface area contributed by atoms with Crippen LogP contribution in [-0.4, -0.2) is 19.6 Å². The largest absolute Gasteiger partial charge is 0.370 e. The third-order valence-electron chi connectivity index (χ3n) is 5.26. The van der Waals surface area contributed by atoms with Gasteiger partial charge in [-0.2, -0.15) is 0 Å². The minimum atomic E-state index is 0.407. The fraction of sp³-hybridized carbons (Fsp3) is 0.667. The number of hydrogen-bond acceptors (Lipinski definition) is 2. The molecule has 1 atom stereocenters. The lowest BCUT2D eigenvalue weighted by molar-refractivity contribution is 0.301. The zero-order valence-corrected chi connectivity index (χ0v) is 15.5. The summed E-state index contributed by atoms with van der Waals surface area (Å²) in [6, 6.07) is 7.24. The van der Waals surface area contributed by atoms with Crippen molar-refractivity contribution in [3.63, 3.8) is 0 Å². The van der Waals surface area contributed by atoms with Crippen molar-refractivity contribution in [3.05, 3.63) is 28.2 Å². The molecular formula is C18H29BrN2. The summed E-state index contributed by atoms with van der Waals surface area (Å²) in [7, 11) is 0. The van der Waals surface area contributed by atoms with Crippen LogP contribution >= 0.6 is 15.9 Å². The quantitative estimate of drug-likeness (QED) is 0.762. The van der Waals surface area contributed by atoms with E-state index in [1.165, 1.54) is 48.1 Å². The molecule has 1 fully saturated rings. The van der Waals surface area contributed by atoms with Gasteiger partial charge in [-0.1, -0.05) is 26.8 Å². The molecule has 1 unspecified atom stereocenters. The zero-order chi connectivity index (χ0) is 15.5. The molecule has 1 aliphatic rings. The second-order valence-electron chi connectivity index (χ2n) is 6.37. The van der Waals surface area contributed by atoms with Crippen LogP contribution in [-0.2, 0) is 0 Å². The van der Waals surface area contributed by atoms with Gasteiger partial charge in [-0.3, -0.25) is 0 Å². The number of benzene rings is 1. The van der Waals surface area contributed by atoms with E-state index in [4.69, 9.17) is 0 Å². The van der Waals surface area contributed by atoms with Gasteiger partial charge in [0, 0.05) is 23.6 Å². The molecule has 1 aromatic rings. The number of nitrogens with one attached hydrogen (secondary N) is 1. The summed E-state index contributed by atoms with van der Waals surface area (Å²) in [4.78, 5) is 2.55. The topological polar surface area (TPSA) is 15.3 Å². The first-order valence-electron chi connectivity index (χ1n) is 8.33. The van der Waals surface area contributed by atoms with E-state index < -0.39 is 0 Å². The number of nitrogens with zero attached hydrogens (tertiary/aromatic N) is 1. The van der Waals surface area contributed by atoms with Crippen molar-refractivity contribution in [2.45, 2.75) is 53.0 Å². The summed E-state index contributed by atoms with van der Waals surface area (Å²) in [5.41, 5.74) is 3.23. The molecule has 0 aromatic heterocycles. The van der Waals surface area contributed by atoms with E-state index in [9.17, 15) is 0 Å². The number of halogens is 1. The lowest BCUT2D eigenvalue weighted by atomic mass is 9.82. The molecule has 0 aliphatic carbocycles. The molecule has 1 aliphatic heterocycles. The molecule has 3 heteroatoms. The zero-order valence-electron chi connectivity index (χ0n) is 13.9. The normalized spacial score (nSPS) is 19.0. The van der Waals surface area contributed by atoms with Crippen LogP contribution in [0, 0.1) is 5.41 Å². The smallest absolute Gasteiger partial charge is 0.0511 e. The van der Waals surface area contributed by atoms with Crippen molar-refractivity contribution in [2.75, 3.05) is 24.5 Å². The molecule has 0 amide bonds. The van der Waals surface area contributed by atoms with Gasteiger partial charge < -0.3 is 10.2 Å². The maximum Gasteiger partial charge on any atom is 0.0511 e. The van der Waals surface area contributed by atoms with Gasteiger partial charge in [0.05, 0.1) is 5.69 Å². The summed E-state index contributed by atoms with van der Waals surface area (Å²) in [6.45, 7) is 12.4. The predicted octanol–water partition coefficient (Wildman–Crippen LogP) is 5.14. The molecule has 2 rings (SSSR count). The van der Waals surface area contributed by atoms with Crippen LogP contribution in [0.15, 0.2) is 22.7 Å². The Morgan fingerprint density at radius 2 is 2.00 bits per heavy atom. The van der Waals surface area contributed by atoms with E-state index in [1.54, 1.807) is 0 Å². The van der Waals surface area contributed by atoms with E-state index in [1.807, 2.05) is 0 Å². The van der Waals surface area contributed by atoms with Gasteiger partial charge in [0.2, 0.25) is 0 Å². The van der Waals surface area contributed by atoms with E-state index in [-0.39, 0.29) is 0 Å². The first kappa shape index (κ1) is 16.8. The molecule has 1 N–H and O–H groups in total. The Kier molecular flexibility index (Phi) is 5.73. The van der Waals surface area contributed by atoms with Crippen LogP contribution in [0.3, 0.4) is 0 Å². The average molecular weight is 353 g/mol. The highest BCUT2D eigenvalue weighted by molar-refractivity contribution is 9.10. The molecule has 1 heterocycles. The Labute approximate surface area is 138 Å². The number of hydrogen-bond donors (Lipinski definition) is 1. The Hall–Kier alpha value is -0.540. The maximum atomic E-state index is 3.79. The third kappa shape index (κ3) is 3.62. The molecule has 1 aromatic carbocycles. The van der Waals surface area contributed by atoms with Gasteiger partial charge in [-0.05, 0) is 71.8 Å². The van der Waals surface area contributed by atoms with Gasteiger partial charge in [-0.15, -0.1) is 0 Å². The van der Waals surface area contributed by atoms with Crippen LogP contribution in [0.2, 0.25) is 0 Å². The van der Waals surface area contributed by atoms with Crippen LogP contribution in [0.1, 0.15) is 58.6 Å². The molecule has 0 spiro atoms. The van der Waals surface area contributed by atoms with E-state index >= 15 is 0 Å². The minimum Gasteiger partial charge on any atom is -0.370 e. The first-order chi connectivity index (χ1) is 10.0. The second-order valence-corrected chi connectivity index (χ2v) is 7.22. The Bertz CT molecular complexity index is 468. The molecular weight excluding hydrogens is 324 g/mol. The van der Waals surface area contributed by atoms with Gasteiger partial charge in [0.15, 0.2) is 0 Å². The molecule has 21 heavy (non-hydrogen) atoms. The molecule has 0 radical (unpaired) electrons. The van der Waals surface area contributed by atoms with Crippen LogP contribution < -0.4 is 10.2 Å². The Balaban J connectivity index is 2.15. The molecule has 118 valence electrons. The van der Waals surface area contributed by atoms with E-state index in [0.717, 1.165) is 6.54 Å². The highest BCUT2D eigenvalue weighted by Crippen LogP contribution is 2.41. The highest BCUT2D eigenvalue weighted by atomic mass is 79.9. The summed E-state index contributed by atoms with van der Waals surface area (Å²) in [5.74, 6) is 0. The standard InChI is InChI=1S/C18H29BrN2/c1-5-18(6-2)10-11-21(13-18)17-9-8-15(12-16(17)19)14(4)20-7-3/h8-9,12,14,20H,5-7,10-11,13H2,1-4H3. The van der Waals surface area contributed by atoms with Crippen LogP contribution in [0.5, 0.6) is 0 Å². The van der Waals surface area contributed by atoms with Crippen molar-refractivity contribution in [3.8, 4) is 0 Å². The van der Waals surface area contributed by atoms with E-state index in [0.29, 0.717) is 11.5 Å². The second kappa shape index (κ2) is 7.15. The van der Waals surface area contributed by atoms with E-state index in [2.05, 4.69) is 72.0 Å². The van der Waals surface area contributed by atoms with Crippen molar-refractivity contribution in [1.82, 2.24) is 5.32 Å². The van der Waals surface area contributed by atoms with Gasteiger partial charge in [0.25, 0.3) is 0 Å². The highest BCUT2D eigenvalue weighted by Gasteiger charge is 2.35. The lowest BCUT2D eigenvalue weighted by Crippen LogP contribution is -2.26. The fourth-order valence-electron chi connectivity index (χ4n) is 3.44. The van der Waals surface area contributed by atoms with Gasteiger partial charge in [-0.25, -0.2) is 0 Å². The van der Waals surface area contributed by atoms with Gasteiger partial charge in [0.1, 0.15) is 0 Å². The molecule has 0 saturated carbocycles. The Morgan fingerprint density at radius 3 is 2.52 bits per heavy atom. The van der Waals surface area contributed by atoms with Crippen molar-refractivity contribution in [1.29, 1.82) is 0 Å². The summed E-state index contributed by atoms with van der Waals surface area (Å²) >= 11 is 3.79. The summed E-state index contributed by atoms with van der Waals surface area (Å²) in [5, 5.41) is 3.47. The fourth-order valence-corrected chi connectivity index (χ4v) is 4.09. The monoisotopic (exact) mass is 352 g/mol. The summed E-state index contributed by atoms with van der Waals surface area (Å²) in [6.07, 6.45) is 3.89. The molecule has 2 nitrogen and oxygen atoms in total. The van der Waals surface area contributed by atoms with Gasteiger partial charge >= 0.3 is 0 Å². The van der Waals surface area contributed by atoms with Crippen LogP contribution in [0.25, 0.3) is 0 Å².